The summed E-state index contributed by atoms with van der Waals surface area (Å²) in [6.07, 6.45) is 2.99. The van der Waals surface area contributed by atoms with Crippen LogP contribution < -0.4 is 4.74 Å². The van der Waals surface area contributed by atoms with Crippen LogP contribution in [0.15, 0.2) is 97.2 Å². The minimum Gasteiger partial charge on any atom is -0.509 e. The molecule has 0 aliphatic heterocycles. The van der Waals surface area contributed by atoms with Crippen molar-refractivity contribution in [2.45, 2.75) is 66.2 Å². The van der Waals surface area contributed by atoms with Gasteiger partial charge >= 0.3 is 21.1 Å². The molecule has 0 amide bonds. The van der Waals surface area contributed by atoms with Gasteiger partial charge in [0.2, 0.25) is 0 Å². The third-order valence-electron chi connectivity index (χ3n) is 9.25. The molecule has 3 heterocycles. The summed E-state index contributed by atoms with van der Waals surface area (Å²) < 4.78 is 10.6. The number of pyridine rings is 1. The molecule has 1 atom stereocenters. The molecule has 5 nitrogen and oxygen atoms in total. The van der Waals surface area contributed by atoms with Crippen LogP contribution in [0.3, 0.4) is 0 Å². The maximum Gasteiger partial charge on any atom is 2.00 e. The Morgan fingerprint density at radius 2 is 1.60 bits per heavy atom. The van der Waals surface area contributed by atoms with Gasteiger partial charge in [-0.3, -0.25) is 4.68 Å². The molecule has 48 heavy (non-hydrogen) atoms. The van der Waals surface area contributed by atoms with Gasteiger partial charge in [-0.05, 0) is 77.6 Å². The molecule has 0 fully saturated rings. The zero-order chi connectivity index (χ0) is 32.9. The smallest absolute Gasteiger partial charge is 0.509 e. The number of hydrogen-bond acceptors (Lipinski definition) is 3. The first-order valence-electron chi connectivity index (χ1n) is 16.4. The normalized spacial score (nSPS) is 12.3. The van der Waals surface area contributed by atoms with Crippen LogP contribution in [0.5, 0.6) is 11.5 Å². The summed E-state index contributed by atoms with van der Waals surface area (Å²) in [6, 6.07) is 38.6. The van der Waals surface area contributed by atoms with E-state index < -0.39 is 0 Å². The first kappa shape index (κ1) is 33.4. The summed E-state index contributed by atoms with van der Waals surface area (Å²) in [5.74, 6) is 2.55. The fourth-order valence-corrected chi connectivity index (χ4v) is 6.43. The number of aryl methyl sites for hydroxylation is 1. The van der Waals surface area contributed by atoms with Crippen molar-refractivity contribution in [1.29, 1.82) is 0 Å². The van der Waals surface area contributed by atoms with Gasteiger partial charge in [-0.2, -0.15) is 17.2 Å². The first-order valence-corrected chi connectivity index (χ1v) is 16.4. The van der Waals surface area contributed by atoms with Gasteiger partial charge in [-0.25, -0.2) is 4.98 Å². The van der Waals surface area contributed by atoms with Crippen molar-refractivity contribution in [2.75, 3.05) is 0 Å². The van der Waals surface area contributed by atoms with Crippen LogP contribution in [0.25, 0.3) is 44.4 Å². The van der Waals surface area contributed by atoms with E-state index in [0.29, 0.717) is 17.4 Å². The molecule has 7 rings (SSSR count). The molecule has 0 aliphatic rings. The second kappa shape index (κ2) is 13.2. The van der Waals surface area contributed by atoms with E-state index in [9.17, 15) is 0 Å². The Labute approximate surface area is 297 Å². The van der Waals surface area contributed by atoms with Gasteiger partial charge in [0.05, 0.1) is 5.69 Å². The Bertz CT molecular complexity index is 2240. The molecule has 0 saturated carbocycles. The molecule has 0 saturated heterocycles. The summed E-state index contributed by atoms with van der Waals surface area (Å²) >= 11 is 0. The Hall–Kier alpha value is -4.47. The van der Waals surface area contributed by atoms with E-state index in [4.69, 9.17) is 14.8 Å². The summed E-state index contributed by atoms with van der Waals surface area (Å²) in [7, 11) is 0. The molecular weight excluding hydrogens is 772 g/mol. The van der Waals surface area contributed by atoms with Crippen LogP contribution in [0, 0.1) is 26.0 Å². The van der Waals surface area contributed by atoms with Crippen LogP contribution in [0.1, 0.15) is 69.5 Å². The van der Waals surface area contributed by atoms with E-state index >= 15 is 0 Å². The van der Waals surface area contributed by atoms with Crippen molar-refractivity contribution in [3.05, 3.63) is 132 Å². The van der Waals surface area contributed by atoms with E-state index in [-0.39, 0.29) is 26.5 Å². The van der Waals surface area contributed by atoms with E-state index in [1.54, 1.807) is 0 Å². The topological polar surface area (TPSA) is 44.9 Å². The molecule has 0 radical (unpaired) electrons. The zero-order valence-electron chi connectivity index (χ0n) is 28.5. The Morgan fingerprint density at radius 1 is 0.833 bits per heavy atom. The molecule has 0 aliphatic carbocycles. The van der Waals surface area contributed by atoms with Crippen LogP contribution in [-0.2, 0) is 26.5 Å². The minimum absolute atomic E-state index is 0. The molecule has 0 N–H and O–H groups in total. The zero-order valence-corrected chi connectivity index (χ0v) is 30.8. The molecule has 1 unspecified atom stereocenters. The standard InChI is InChI=1S/C42H40N4O.Pt/c1-8-27(2)31-17-20-38-37(23-31)36-19-18-35(26-39(36)45(38)40-24-32(21-22-43-40)42(5,6)7)47-34-16-12-15-33(25-34)46-29(4)41(28(3)44-46)30-13-10-9-11-14-30;/h9-24,27H,8H2,1-7H3;/q-2;+2. The number of nitrogens with zero attached hydrogens (tertiary/aromatic N) is 4. The van der Waals surface area contributed by atoms with Gasteiger partial charge < -0.3 is 9.30 Å². The average Bonchev–Trinajstić information content (AvgIpc) is 3.56. The van der Waals surface area contributed by atoms with Gasteiger partial charge in [0.1, 0.15) is 5.82 Å². The number of fused-ring (bicyclic) bond motifs is 3. The molecule has 244 valence electrons. The second-order valence-electron chi connectivity index (χ2n) is 13.5. The van der Waals surface area contributed by atoms with Crippen molar-refractivity contribution in [1.82, 2.24) is 19.3 Å². The van der Waals surface area contributed by atoms with Crippen molar-refractivity contribution in [2.24, 2.45) is 0 Å². The fraction of sp³-hybridized carbons (Fsp3) is 0.238. The van der Waals surface area contributed by atoms with Crippen molar-refractivity contribution >= 4 is 21.8 Å². The van der Waals surface area contributed by atoms with Crippen LogP contribution >= 0.6 is 0 Å². The monoisotopic (exact) mass is 811 g/mol. The molecule has 3 aromatic heterocycles. The molecule has 0 spiro atoms. The van der Waals surface area contributed by atoms with Gasteiger partial charge in [-0.15, -0.1) is 35.7 Å². The molecule has 4 aromatic carbocycles. The van der Waals surface area contributed by atoms with Gasteiger partial charge in [-0.1, -0.05) is 82.6 Å². The average molecular weight is 812 g/mol. The maximum absolute atomic E-state index is 6.47. The minimum atomic E-state index is -0.00759. The van der Waals surface area contributed by atoms with Crippen molar-refractivity contribution in [3.8, 4) is 34.1 Å². The third-order valence-corrected chi connectivity index (χ3v) is 9.25. The Balaban J connectivity index is 0.00000401. The molecule has 6 heteroatoms. The van der Waals surface area contributed by atoms with Crippen LogP contribution in [-0.4, -0.2) is 19.3 Å². The summed E-state index contributed by atoms with van der Waals surface area (Å²) in [4.78, 5) is 4.85. The third kappa shape index (κ3) is 6.13. The number of aromatic nitrogens is 4. The quantitative estimate of drug-likeness (QED) is 0.151. The summed E-state index contributed by atoms with van der Waals surface area (Å²) in [6.45, 7) is 15.4. The van der Waals surface area contributed by atoms with Crippen molar-refractivity contribution in [3.63, 3.8) is 0 Å². The maximum atomic E-state index is 6.47. The Kier molecular flexibility index (Phi) is 9.20. The first-order chi connectivity index (χ1) is 22.6. The summed E-state index contributed by atoms with van der Waals surface area (Å²) in [5.41, 5.74) is 9.73. The number of benzene rings is 4. The Morgan fingerprint density at radius 3 is 2.35 bits per heavy atom. The fourth-order valence-electron chi connectivity index (χ4n) is 6.43. The predicted octanol–water partition coefficient (Wildman–Crippen LogP) is 10.8. The van der Waals surface area contributed by atoms with Crippen molar-refractivity contribution < 1.29 is 25.8 Å². The largest absolute Gasteiger partial charge is 2.00 e. The molecule has 7 aromatic rings. The number of hydrogen-bond donors (Lipinski definition) is 0. The number of rotatable bonds is 7. The SMILES string of the molecule is CCC(C)c1ccc2c(c1)c1ccc(Oc3[c-]c(-n4nc(C)c(-c5ccccc5)c4C)ccc3)[c-]c1n2-c1cc(C(C)(C)C)ccn1.[Pt+2]. The van der Waals surface area contributed by atoms with E-state index in [2.05, 4.69) is 119 Å². The van der Waals surface area contributed by atoms with Crippen LogP contribution in [0.4, 0.5) is 0 Å². The molecule has 0 bridgehead atoms. The second-order valence-corrected chi connectivity index (χ2v) is 13.5. The number of ether oxygens (including phenoxy) is 1. The molecular formula is C42H40N4OPt. The van der Waals surface area contributed by atoms with E-state index in [1.165, 1.54) is 16.5 Å². The van der Waals surface area contributed by atoms with Gasteiger partial charge in [0, 0.05) is 34.5 Å². The van der Waals surface area contributed by atoms with E-state index in [0.717, 1.165) is 56.9 Å². The summed E-state index contributed by atoms with van der Waals surface area (Å²) in [5, 5.41) is 7.19. The van der Waals surface area contributed by atoms with Gasteiger partial charge in [0.15, 0.2) is 0 Å². The van der Waals surface area contributed by atoms with Gasteiger partial charge in [0.25, 0.3) is 0 Å². The predicted molar refractivity (Wildman–Crippen MR) is 192 cm³/mol. The van der Waals surface area contributed by atoms with Crippen LogP contribution in [0.2, 0.25) is 0 Å². The van der Waals surface area contributed by atoms with E-state index in [1.807, 2.05) is 48.1 Å².